The van der Waals surface area contributed by atoms with Crippen LogP contribution in [0.3, 0.4) is 0 Å². The third kappa shape index (κ3) is 10.9. The van der Waals surface area contributed by atoms with E-state index in [1.165, 1.54) is 0 Å². The van der Waals surface area contributed by atoms with Gasteiger partial charge in [0.05, 0.1) is 0 Å². The molecule has 7 nitrogen and oxygen atoms in total. The molecule has 7 heteroatoms. The number of nitrogens with zero attached hydrogens (tertiary/aromatic N) is 1. The lowest BCUT2D eigenvalue weighted by Gasteiger charge is -2.29. The molecule has 0 rings (SSSR count). The number of carbonyl (C=O) groups is 1. The van der Waals surface area contributed by atoms with Crippen LogP contribution in [0.15, 0.2) is 4.99 Å². The van der Waals surface area contributed by atoms with Crippen LogP contribution in [0.1, 0.15) is 60.8 Å². The number of aliphatic hydroxyl groups excluding tert-OH is 1. The molecule has 0 bridgehead atoms. The van der Waals surface area contributed by atoms with Crippen LogP contribution < -0.4 is 16.0 Å². The van der Waals surface area contributed by atoms with Gasteiger partial charge in [-0.2, -0.15) is 0 Å². The molecule has 0 aromatic carbocycles. The van der Waals surface area contributed by atoms with Gasteiger partial charge in [-0.05, 0) is 52.4 Å². The quantitative estimate of drug-likeness (QED) is 0.273. The van der Waals surface area contributed by atoms with E-state index < -0.39 is 11.7 Å². The van der Waals surface area contributed by atoms with Crippen molar-refractivity contribution in [1.82, 2.24) is 16.0 Å². The number of rotatable bonds is 10. The van der Waals surface area contributed by atoms with Crippen molar-refractivity contribution in [2.75, 3.05) is 32.8 Å². The maximum atomic E-state index is 11.6. The molecule has 0 saturated heterocycles. The first-order valence-corrected chi connectivity index (χ1v) is 9.31. The lowest BCUT2D eigenvalue weighted by Crippen LogP contribution is -2.43. The van der Waals surface area contributed by atoms with E-state index in [0.717, 1.165) is 31.8 Å². The Hall–Kier alpha value is -1.50. The molecule has 0 atom stereocenters. The van der Waals surface area contributed by atoms with Crippen molar-refractivity contribution in [3.63, 3.8) is 0 Å². The van der Waals surface area contributed by atoms with Gasteiger partial charge in [-0.1, -0.05) is 13.8 Å². The fourth-order valence-corrected chi connectivity index (χ4v) is 2.39. The van der Waals surface area contributed by atoms with Crippen LogP contribution in [0.5, 0.6) is 0 Å². The largest absolute Gasteiger partial charge is 0.444 e. The summed E-state index contributed by atoms with van der Waals surface area (Å²) in [6, 6.07) is 0. The van der Waals surface area contributed by atoms with Crippen molar-refractivity contribution in [2.45, 2.75) is 66.4 Å². The zero-order valence-electron chi connectivity index (χ0n) is 16.9. The second kappa shape index (κ2) is 12.0. The first-order valence-electron chi connectivity index (χ1n) is 9.31. The highest BCUT2D eigenvalue weighted by Crippen LogP contribution is 2.30. The van der Waals surface area contributed by atoms with Crippen molar-refractivity contribution < 1.29 is 14.6 Å². The lowest BCUT2D eigenvalue weighted by molar-refractivity contribution is 0.0529. The topological polar surface area (TPSA) is 95.0 Å². The predicted octanol–water partition coefficient (Wildman–Crippen LogP) is 2.25. The van der Waals surface area contributed by atoms with Gasteiger partial charge in [0.15, 0.2) is 5.96 Å². The minimum Gasteiger partial charge on any atom is -0.444 e. The van der Waals surface area contributed by atoms with Crippen LogP contribution >= 0.6 is 0 Å². The molecule has 25 heavy (non-hydrogen) atoms. The van der Waals surface area contributed by atoms with Crippen molar-refractivity contribution in [1.29, 1.82) is 0 Å². The maximum Gasteiger partial charge on any atom is 0.407 e. The molecule has 0 heterocycles. The second-order valence-corrected chi connectivity index (χ2v) is 7.23. The number of amides is 1. The second-order valence-electron chi connectivity index (χ2n) is 7.23. The van der Waals surface area contributed by atoms with Crippen LogP contribution in [-0.2, 0) is 4.74 Å². The van der Waals surface area contributed by atoms with Crippen LogP contribution in [0, 0.1) is 5.41 Å². The molecule has 0 aliphatic heterocycles. The number of hydrogen-bond acceptors (Lipinski definition) is 4. The molecular formula is C18H38N4O3. The molecule has 0 saturated carbocycles. The van der Waals surface area contributed by atoms with Gasteiger partial charge in [0.25, 0.3) is 0 Å². The zero-order valence-corrected chi connectivity index (χ0v) is 16.9. The standard InChI is InChI=1S/C18H38N4O3/c1-7-18(8-2,10-13-23)14-22-15(19-9-3)20-11-12-21-16(24)25-17(4,5)6/h23H,7-14H2,1-6H3,(H,21,24)(H2,19,20,22). The molecule has 0 unspecified atom stereocenters. The van der Waals surface area contributed by atoms with Gasteiger partial charge in [0, 0.05) is 32.8 Å². The third-order valence-electron chi connectivity index (χ3n) is 4.14. The van der Waals surface area contributed by atoms with E-state index in [0.29, 0.717) is 19.6 Å². The molecule has 0 fully saturated rings. The molecule has 0 aliphatic carbocycles. The number of carbonyl (C=O) groups excluding carboxylic acids is 1. The molecule has 0 radical (unpaired) electrons. The Morgan fingerprint density at radius 3 is 2.12 bits per heavy atom. The number of aliphatic imine (C=N–C) groups is 1. The summed E-state index contributed by atoms with van der Waals surface area (Å²) in [5.41, 5.74) is -0.462. The molecule has 1 amide bonds. The monoisotopic (exact) mass is 358 g/mol. The highest BCUT2D eigenvalue weighted by Gasteiger charge is 2.25. The smallest absolute Gasteiger partial charge is 0.407 e. The number of hydrogen-bond donors (Lipinski definition) is 4. The average molecular weight is 359 g/mol. The Balaban J connectivity index is 4.47. The van der Waals surface area contributed by atoms with Gasteiger partial charge in [-0.25, -0.2) is 4.79 Å². The molecular weight excluding hydrogens is 320 g/mol. The Bertz CT molecular complexity index is 402. The lowest BCUT2D eigenvalue weighted by atomic mass is 9.79. The molecule has 0 spiro atoms. The van der Waals surface area contributed by atoms with Gasteiger partial charge >= 0.3 is 6.09 Å². The number of nitrogens with one attached hydrogen (secondary N) is 3. The summed E-state index contributed by atoms with van der Waals surface area (Å²) in [6.07, 6.45) is 2.29. The fraction of sp³-hybridized carbons (Fsp3) is 0.889. The van der Waals surface area contributed by atoms with E-state index in [1.54, 1.807) is 0 Å². The molecule has 4 N–H and O–H groups in total. The third-order valence-corrected chi connectivity index (χ3v) is 4.14. The SMILES string of the molecule is CCNC(=NCC(CC)(CC)CCO)NCCNC(=O)OC(C)(C)C. The predicted molar refractivity (Wildman–Crippen MR) is 103 cm³/mol. The highest BCUT2D eigenvalue weighted by atomic mass is 16.6. The normalized spacial score (nSPS) is 12.7. The van der Waals surface area contributed by atoms with Gasteiger partial charge in [-0.15, -0.1) is 0 Å². The van der Waals surface area contributed by atoms with E-state index in [4.69, 9.17) is 4.74 Å². The first-order chi connectivity index (χ1) is 11.7. The number of guanidine groups is 1. The molecule has 0 aliphatic rings. The van der Waals surface area contributed by atoms with E-state index in [9.17, 15) is 9.90 Å². The van der Waals surface area contributed by atoms with Gasteiger partial charge in [0.1, 0.15) is 5.60 Å². The molecule has 0 aromatic rings. The number of ether oxygens (including phenoxy) is 1. The fourth-order valence-electron chi connectivity index (χ4n) is 2.39. The zero-order chi connectivity index (χ0) is 19.3. The molecule has 148 valence electrons. The first kappa shape index (κ1) is 23.5. The van der Waals surface area contributed by atoms with Crippen LogP contribution in [-0.4, -0.2) is 55.5 Å². The summed E-state index contributed by atoms with van der Waals surface area (Å²) in [6.45, 7) is 14.4. The Morgan fingerprint density at radius 2 is 1.64 bits per heavy atom. The van der Waals surface area contributed by atoms with Gasteiger partial charge in [0.2, 0.25) is 0 Å². The Labute approximate surface area is 153 Å². The minimum atomic E-state index is -0.496. The number of alkyl carbamates (subject to hydrolysis) is 1. The Kier molecular flexibility index (Phi) is 11.2. The van der Waals surface area contributed by atoms with Crippen LogP contribution in [0.2, 0.25) is 0 Å². The summed E-state index contributed by atoms with van der Waals surface area (Å²) in [5.74, 6) is 0.720. The minimum absolute atomic E-state index is 0.0336. The summed E-state index contributed by atoms with van der Waals surface area (Å²) in [4.78, 5) is 16.3. The van der Waals surface area contributed by atoms with Gasteiger partial charge < -0.3 is 25.8 Å². The summed E-state index contributed by atoms with van der Waals surface area (Å²) in [7, 11) is 0. The van der Waals surface area contributed by atoms with Crippen LogP contribution in [0.4, 0.5) is 4.79 Å². The van der Waals surface area contributed by atoms with Crippen molar-refractivity contribution in [3.8, 4) is 0 Å². The van der Waals surface area contributed by atoms with Crippen molar-refractivity contribution in [2.24, 2.45) is 10.4 Å². The number of aliphatic hydroxyl groups is 1. The summed E-state index contributed by atoms with van der Waals surface area (Å²) >= 11 is 0. The van der Waals surface area contributed by atoms with Crippen LogP contribution in [0.25, 0.3) is 0 Å². The van der Waals surface area contributed by atoms with E-state index in [-0.39, 0.29) is 12.0 Å². The highest BCUT2D eigenvalue weighted by molar-refractivity contribution is 5.79. The van der Waals surface area contributed by atoms with E-state index in [2.05, 4.69) is 34.8 Å². The van der Waals surface area contributed by atoms with Crippen molar-refractivity contribution >= 4 is 12.1 Å². The van der Waals surface area contributed by atoms with Gasteiger partial charge in [-0.3, -0.25) is 4.99 Å². The maximum absolute atomic E-state index is 11.6. The molecule has 0 aromatic heterocycles. The Morgan fingerprint density at radius 1 is 1.04 bits per heavy atom. The van der Waals surface area contributed by atoms with E-state index >= 15 is 0 Å². The van der Waals surface area contributed by atoms with Crippen molar-refractivity contribution in [3.05, 3.63) is 0 Å². The van der Waals surface area contributed by atoms with E-state index in [1.807, 2.05) is 27.7 Å². The summed E-state index contributed by atoms with van der Waals surface area (Å²) < 4.78 is 5.19. The average Bonchev–Trinajstić information content (AvgIpc) is 2.53. The summed E-state index contributed by atoms with van der Waals surface area (Å²) in [5, 5.41) is 18.4.